The number of halogens is 3. The van der Waals surface area contributed by atoms with Crippen molar-refractivity contribution in [3.63, 3.8) is 0 Å². The van der Waals surface area contributed by atoms with E-state index in [1.54, 1.807) is 18.2 Å². The molecule has 98 valence electrons. The average Bonchev–Trinajstić information content (AvgIpc) is 2.38. The van der Waals surface area contributed by atoms with Crippen molar-refractivity contribution >= 4 is 29.2 Å². The molecule has 0 bridgehead atoms. The zero-order chi connectivity index (χ0) is 14.0. The Labute approximate surface area is 118 Å². The van der Waals surface area contributed by atoms with Gasteiger partial charge in [0.05, 0.1) is 28.4 Å². The third-order valence-electron chi connectivity index (χ3n) is 2.47. The Morgan fingerprint density at radius 2 is 1.84 bits per heavy atom. The molecule has 0 amide bonds. The summed E-state index contributed by atoms with van der Waals surface area (Å²) in [5.74, 6) is -1.38. The Kier molecular flexibility index (Phi) is 4.02. The van der Waals surface area contributed by atoms with Crippen molar-refractivity contribution in [1.82, 2.24) is 4.98 Å². The van der Waals surface area contributed by atoms with Gasteiger partial charge >= 0.3 is 5.97 Å². The maximum atomic E-state index is 13.3. The van der Waals surface area contributed by atoms with Crippen molar-refractivity contribution in [1.29, 1.82) is 0 Å². The van der Waals surface area contributed by atoms with Gasteiger partial charge in [0.1, 0.15) is 0 Å². The lowest BCUT2D eigenvalue weighted by atomic mass is 10.1. The van der Waals surface area contributed by atoms with Gasteiger partial charge in [-0.05, 0) is 24.3 Å². The Hall–Kier alpha value is -1.65. The molecule has 0 aliphatic carbocycles. The van der Waals surface area contributed by atoms with Crippen LogP contribution in [0.3, 0.4) is 0 Å². The molecule has 0 saturated carbocycles. The standard InChI is InChI=1S/C13H8Cl2FNO2/c1-19-13(18)7-5-6-10(16)17-12(7)11-8(14)3-2-4-9(11)15/h2-6H,1H3. The highest BCUT2D eigenvalue weighted by Gasteiger charge is 2.20. The van der Waals surface area contributed by atoms with Gasteiger partial charge in [0.15, 0.2) is 0 Å². The van der Waals surface area contributed by atoms with E-state index in [-0.39, 0.29) is 21.3 Å². The highest BCUT2D eigenvalue weighted by atomic mass is 35.5. The van der Waals surface area contributed by atoms with Gasteiger partial charge in [0, 0.05) is 5.56 Å². The third-order valence-corrected chi connectivity index (χ3v) is 3.10. The highest BCUT2D eigenvalue weighted by molar-refractivity contribution is 6.39. The number of hydrogen-bond acceptors (Lipinski definition) is 3. The van der Waals surface area contributed by atoms with Crippen molar-refractivity contribution in [2.45, 2.75) is 0 Å². The smallest absolute Gasteiger partial charge is 0.340 e. The van der Waals surface area contributed by atoms with Crippen LogP contribution in [-0.4, -0.2) is 18.1 Å². The molecule has 0 fully saturated rings. The quantitative estimate of drug-likeness (QED) is 0.622. The van der Waals surface area contributed by atoms with Gasteiger partial charge in [-0.15, -0.1) is 0 Å². The predicted octanol–water partition coefficient (Wildman–Crippen LogP) is 3.98. The van der Waals surface area contributed by atoms with Crippen molar-refractivity contribution < 1.29 is 13.9 Å². The Balaban J connectivity index is 2.74. The summed E-state index contributed by atoms with van der Waals surface area (Å²) in [6.45, 7) is 0. The lowest BCUT2D eigenvalue weighted by molar-refractivity contribution is 0.0601. The largest absolute Gasteiger partial charge is 0.465 e. The minimum Gasteiger partial charge on any atom is -0.465 e. The van der Waals surface area contributed by atoms with E-state index in [4.69, 9.17) is 23.2 Å². The summed E-state index contributed by atoms with van der Waals surface area (Å²) >= 11 is 12.1. The molecule has 0 spiro atoms. The molecule has 0 aliphatic rings. The fourth-order valence-electron chi connectivity index (χ4n) is 1.62. The van der Waals surface area contributed by atoms with E-state index >= 15 is 0 Å². The van der Waals surface area contributed by atoms with Gasteiger partial charge in [-0.1, -0.05) is 29.3 Å². The maximum absolute atomic E-state index is 13.3. The molecule has 1 heterocycles. The molecule has 0 atom stereocenters. The average molecular weight is 300 g/mol. The van der Waals surface area contributed by atoms with Crippen LogP contribution in [0, 0.1) is 5.95 Å². The van der Waals surface area contributed by atoms with Crippen LogP contribution in [0.15, 0.2) is 30.3 Å². The third kappa shape index (κ3) is 2.69. The minimum absolute atomic E-state index is 0.0578. The first-order chi connectivity index (χ1) is 9.04. The molecule has 0 saturated heterocycles. The van der Waals surface area contributed by atoms with Crippen molar-refractivity contribution in [2.24, 2.45) is 0 Å². The molecule has 0 aliphatic heterocycles. The summed E-state index contributed by atoms with van der Waals surface area (Å²) < 4.78 is 17.9. The summed E-state index contributed by atoms with van der Waals surface area (Å²) in [7, 11) is 1.23. The van der Waals surface area contributed by atoms with Gasteiger partial charge in [-0.25, -0.2) is 9.78 Å². The predicted molar refractivity (Wildman–Crippen MR) is 71.0 cm³/mol. The van der Waals surface area contributed by atoms with Crippen molar-refractivity contribution in [3.8, 4) is 11.3 Å². The molecular formula is C13H8Cl2FNO2. The number of benzene rings is 1. The van der Waals surface area contributed by atoms with Crippen molar-refractivity contribution in [2.75, 3.05) is 7.11 Å². The fourth-order valence-corrected chi connectivity index (χ4v) is 2.20. The number of rotatable bonds is 2. The van der Waals surface area contributed by atoms with Crippen LogP contribution < -0.4 is 0 Å². The number of ether oxygens (including phenoxy) is 1. The first-order valence-corrected chi connectivity index (χ1v) is 5.99. The minimum atomic E-state index is -0.737. The summed E-state index contributed by atoms with van der Waals surface area (Å²) in [6, 6.07) is 7.15. The van der Waals surface area contributed by atoms with E-state index in [1.807, 2.05) is 0 Å². The normalized spacial score (nSPS) is 10.3. The summed E-state index contributed by atoms with van der Waals surface area (Å²) in [5.41, 5.74) is 0.451. The van der Waals surface area contributed by atoms with Crippen LogP contribution in [0.25, 0.3) is 11.3 Å². The summed E-state index contributed by atoms with van der Waals surface area (Å²) in [4.78, 5) is 15.4. The molecule has 19 heavy (non-hydrogen) atoms. The van der Waals surface area contributed by atoms with Gasteiger partial charge in [0.2, 0.25) is 5.95 Å². The zero-order valence-electron chi connectivity index (χ0n) is 9.78. The van der Waals surface area contributed by atoms with E-state index in [0.717, 1.165) is 6.07 Å². The second-order valence-electron chi connectivity index (χ2n) is 3.62. The van der Waals surface area contributed by atoms with E-state index in [2.05, 4.69) is 9.72 Å². The van der Waals surface area contributed by atoms with E-state index in [9.17, 15) is 9.18 Å². The second-order valence-corrected chi connectivity index (χ2v) is 4.43. The summed E-state index contributed by atoms with van der Waals surface area (Å²) in [6.07, 6.45) is 0. The highest BCUT2D eigenvalue weighted by Crippen LogP contribution is 2.35. The molecule has 6 heteroatoms. The number of hydrogen-bond donors (Lipinski definition) is 0. The number of nitrogens with zero attached hydrogens (tertiary/aromatic N) is 1. The molecule has 0 N–H and O–H groups in total. The molecule has 2 rings (SSSR count). The number of aromatic nitrogens is 1. The van der Waals surface area contributed by atoms with Gasteiger partial charge in [-0.2, -0.15) is 4.39 Å². The maximum Gasteiger partial charge on any atom is 0.340 e. The Bertz CT molecular complexity index is 626. The monoisotopic (exact) mass is 299 g/mol. The molecule has 0 unspecified atom stereocenters. The van der Waals surface area contributed by atoms with Crippen LogP contribution in [-0.2, 0) is 4.74 Å². The molecule has 0 radical (unpaired) electrons. The van der Waals surface area contributed by atoms with Crippen LogP contribution in [0.4, 0.5) is 4.39 Å². The molecule has 2 aromatic rings. The van der Waals surface area contributed by atoms with Gasteiger partial charge in [0.25, 0.3) is 0 Å². The fraction of sp³-hybridized carbons (Fsp3) is 0.0769. The number of pyridine rings is 1. The number of carbonyl (C=O) groups excluding carboxylic acids is 1. The van der Waals surface area contributed by atoms with Gasteiger partial charge in [-0.3, -0.25) is 0 Å². The van der Waals surface area contributed by atoms with E-state index in [1.165, 1.54) is 13.2 Å². The first kappa shape index (κ1) is 13.8. The SMILES string of the molecule is COC(=O)c1ccc(F)nc1-c1c(Cl)cccc1Cl. The number of esters is 1. The lowest BCUT2D eigenvalue weighted by Crippen LogP contribution is -2.06. The topological polar surface area (TPSA) is 39.2 Å². The first-order valence-electron chi connectivity index (χ1n) is 5.24. The van der Waals surface area contributed by atoms with E-state index in [0.29, 0.717) is 5.56 Å². The van der Waals surface area contributed by atoms with E-state index < -0.39 is 11.9 Å². The van der Waals surface area contributed by atoms with Crippen LogP contribution in [0.1, 0.15) is 10.4 Å². The van der Waals surface area contributed by atoms with Crippen LogP contribution in [0.5, 0.6) is 0 Å². The summed E-state index contributed by atoms with van der Waals surface area (Å²) in [5, 5.41) is 0.548. The molecular weight excluding hydrogens is 292 g/mol. The van der Waals surface area contributed by atoms with Crippen molar-refractivity contribution in [3.05, 3.63) is 51.9 Å². The molecule has 1 aromatic carbocycles. The zero-order valence-corrected chi connectivity index (χ0v) is 11.3. The number of methoxy groups -OCH3 is 1. The molecule has 3 nitrogen and oxygen atoms in total. The van der Waals surface area contributed by atoms with Crippen LogP contribution in [0.2, 0.25) is 10.0 Å². The lowest BCUT2D eigenvalue weighted by Gasteiger charge is -2.10. The Morgan fingerprint density at radius 1 is 1.21 bits per heavy atom. The Morgan fingerprint density at radius 3 is 2.42 bits per heavy atom. The second kappa shape index (κ2) is 5.55. The number of carbonyl (C=O) groups is 1. The van der Waals surface area contributed by atoms with Gasteiger partial charge < -0.3 is 4.74 Å². The molecule has 1 aromatic heterocycles. The van der Waals surface area contributed by atoms with Crippen LogP contribution >= 0.6 is 23.2 Å².